The third-order valence-electron chi connectivity index (χ3n) is 6.85. The lowest BCUT2D eigenvalue weighted by Crippen LogP contribution is -2.44. The molecule has 31 heavy (non-hydrogen) atoms. The molecule has 1 saturated carbocycles. The highest BCUT2D eigenvalue weighted by Gasteiger charge is 2.52. The van der Waals surface area contributed by atoms with Gasteiger partial charge in [0, 0.05) is 31.1 Å². The minimum absolute atomic E-state index is 0.0353. The molecule has 1 spiro atoms. The van der Waals surface area contributed by atoms with Gasteiger partial charge in [-0.2, -0.15) is 0 Å². The number of hydrogen-bond donors (Lipinski definition) is 1. The monoisotopic (exact) mass is 429 g/mol. The molecule has 4 rings (SSSR count). The Kier molecular flexibility index (Phi) is 6.07. The molecule has 0 radical (unpaired) electrons. The Morgan fingerprint density at radius 3 is 2.65 bits per heavy atom. The van der Waals surface area contributed by atoms with Crippen LogP contribution in [-0.4, -0.2) is 60.5 Å². The number of carbonyl (C=O) groups excluding carboxylic acids is 3. The zero-order valence-corrected chi connectivity index (χ0v) is 18.3. The molecule has 1 aromatic rings. The van der Waals surface area contributed by atoms with Gasteiger partial charge in [-0.3, -0.25) is 14.5 Å². The molecule has 2 saturated heterocycles. The zero-order valence-electron chi connectivity index (χ0n) is 18.3. The second kappa shape index (κ2) is 8.77. The van der Waals surface area contributed by atoms with Crippen molar-refractivity contribution in [1.82, 2.24) is 15.1 Å². The number of hydrogen-bond acceptors (Lipinski definition) is 5. The fraction of sp³-hybridized carbons (Fsp3) is 0.609. The number of methoxy groups -OCH3 is 2. The van der Waals surface area contributed by atoms with E-state index < -0.39 is 5.54 Å². The molecule has 2 aliphatic heterocycles. The largest absolute Gasteiger partial charge is 0.497 e. The number of rotatable bonds is 7. The van der Waals surface area contributed by atoms with E-state index in [4.69, 9.17) is 9.47 Å². The van der Waals surface area contributed by atoms with Gasteiger partial charge in [-0.15, -0.1) is 0 Å². The van der Waals surface area contributed by atoms with Crippen molar-refractivity contribution >= 4 is 17.8 Å². The minimum Gasteiger partial charge on any atom is -0.497 e. The molecule has 0 aromatic heterocycles. The zero-order chi connectivity index (χ0) is 22.0. The predicted octanol–water partition coefficient (Wildman–Crippen LogP) is 3.01. The summed E-state index contributed by atoms with van der Waals surface area (Å²) in [5.41, 5.74) is 0.290. The summed E-state index contributed by atoms with van der Waals surface area (Å²) in [7, 11) is 3.23. The summed E-state index contributed by atoms with van der Waals surface area (Å²) in [5, 5.41) is 2.89. The quantitative estimate of drug-likeness (QED) is 0.673. The van der Waals surface area contributed by atoms with Crippen molar-refractivity contribution in [2.24, 2.45) is 0 Å². The summed E-state index contributed by atoms with van der Waals surface area (Å²) in [6.07, 6.45) is 5.94. The van der Waals surface area contributed by atoms with Crippen LogP contribution in [0.5, 0.6) is 11.5 Å². The van der Waals surface area contributed by atoms with Gasteiger partial charge in [0.15, 0.2) is 0 Å². The van der Waals surface area contributed by atoms with Crippen molar-refractivity contribution in [1.29, 1.82) is 0 Å². The van der Waals surface area contributed by atoms with Gasteiger partial charge in [0.1, 0.15) is 17.0 Å². The van der Waals surface area contributed by atoms with Gasteiger partial charge < -0.3 is 19.7 Å². The first-order valence-electron chi connectivity index (χ1n) is 11.1. The van der Waals surface area contributed by atoms with Gasteiger partial charge in [0.2, 0.25) is 5.91 Å². The van der Waals surface area contributed by atoms with E-state index in [1.165, 1.54) is 4.90 Å². The van der Waals surface area contributed by atoms with Crippen LogP contribution in [0.3, 0.4) is 0 Å². The Balaban J connectivity index is 1.36. The smallest absolute Gasteiger partial charge is 0.325 e. The highest BCUT2D eigenvalue weighted by Crippen LogP contribution is 2.39. The molecular weight excluding hydrogens is 398 g/mol. The second-order valence-corrected chi connectivity index (χ2v) is 8.63. The van der Waals surface area contributed by atoms with Crippen LogP contribution in [0.2, 0.25) is 0 Å². The van der Waals surface area contributed by atoms with Gasteiger partial charge in [-0.1, -0.05) is 12.8 Å². The van der Waals surface area contributed by atoms with E-state index in [0.29, 0.717) is 43.7 Å². The van der Waals surface area contributed by atoms with Crippen molar-refractivity contribution in [3.8, 4) is 11.5 Å². The van der Waals surface area contributed by atoms with Gasteiger partial charge in [-0.05, 0) is 44.2 Å². The van der Waals surface area contributed by atoms with Crippen LogP contribution in [0.4, 0.5) is 4.79 Å². The van der Waals surface area contributed by atoms with Gasteiger partial charge in [0.05, 0.1) is 20.3 Å². The first-order chi connectivity index (χ1) is 15.0. The lowest BCUT2D eigenvalue weighted by Gasteiger charge is -2.27. The summed E-state index contributed by atoms with van der Waals surface area (Å²) in [6.45, 7) is 0.980. The summed E-state index contributed by atoms with van der Waals surface area (Å²) in [6, 6.07) is 5.33. The molecule has 3 aliphatic rings. The molecule has 4 amide bonds. The third kappa shape index (κ3) is 3.95. The molecule has 3 fully saturated rings. The molecular formula is C23H31N3O5. The first-order valence-corrected chi connectivity index (χ1v) is 11.1. The van der Waals surface area contributed by atoms with Crippen LogP contribution in [-0.2, 0) is 9.59 Å². The SMILES string of the molecule is COc1ccc(C2CCCN2C(=O)CCCN2C(=O)NC3(CCCC3)C2=O)c(OC)c1. The first kappa shape index (κ1) is 21.5. The Hall–Kier alpha value is -2.77. The third-order valence-corrected chi connectivity index (χ3v) is 6.85. The molecule has 1 unspecified atom stereocenters. The Labute approximate surface area is 182 Å². The number of urea groups is 1. The van der Waals surface area contributed by atoms with E-state index >= 15 is 0 Å². The van der Waals surface area contributed by atoms with Gasteiger partial charge in [0.25, 0.3) is 5.91 Å². The number of nitrogens with one attached hydrogen (secondary N) is 1. The topological polar surface area (TPSA) is 88.2 Å². The highest BCUT2D eigenvalue weighted by atomic mass is 16.5. The molecule has 168 valence electrons. The van der Waals surface area contributed by atoms with E-state index in [1.54, 1.807) is 14.2 Å². The molecule has 1 aliphatic carbocycles. The molecule has 8 heteroatoms. The lowest BCUT2D eigenvalue weighted by atomic mass is 9.98. The molecule has 8 nitrogen and oxygen atoms in total. The average Bonchev–Trinajstić information content (AvgIpc) is 3.50. The fourth-order valence-electron chi connectivity index (χ4n) is 5.21. The number of imide groups is 1. The highest BCUT2D eigenvalue weighted by molar-refractivity contribution is 6.07. The van der Waals surface area contributed by atoms with Crippen molar-refractivity contribution in [2.75, 3.05) is 27.3 Å². The normalized spacial score (nSPS) is 22.3. The van der Waals surface area contributed by atoms with Crippen LogP contribution in [0.25, 0.3) is 0 Å². The second-order valence-electron chi connectivity index (χ2n) is 8.63. The molecule has 1 atom stereocenters. The van der Waals surface area contributed by atoms with Crippen LogP contribution in [0.15, 0.2) is 18.2 Å². The Bertz CT molecular complexity index is 865. The number of likely N-dealkylation sites (tertiary alicyclic amines) is 1. The summed E-state index contributed by atoms with van der Waals surface area (Å²) in [4.78, 5) is 41.3. The lowest BCUT2D eigenvalue weighted by molar-refractivity contribution is -0.134. The number of ether oxygens (including phenoxy) is 2. The number of nitrogens with zero attached hydrogens (tertiary/aromatic N) is 2. The maximum atomic E-state index is 13.0. The minimum atomic E-state index is -0.688. The van der Waals surface area contributed by atoms with E-state index in [9.17, 15) is 14.4 Å². The van der Waals surface area contributed by atoms with E-state index in [0.717, 1.165) is 31.2 Å². The Morgan fingerprint density at radius 1 is 1.16 bits per heavy atom. The van der Waals surface area contributed by atoms with Crippen molar-refractivity contribution in [3.63, 3.8) is 0 Å². The summed E-state index contributed by atoms with van der Waals surface area (Å²) < 4.78 is 10.8. The standard InChI is InChI=1S/C23H31N3O5/c1-30-16-9-10-17(19(15-16)31-2)18-7-5-13-25(18)20(27)8-6-14-26-21(28)23(24-22(26)29)11-3-4-12-23/h9-10,15,18H,3-8,11-14H2,1-2H3,(H,24,29). The average molecular weight is 430 g/mol. The summed E-state index contributed by atoms with van der Waals surface area (Å²) in [5.74, 6) is 1.35. The maximum absolute atomic E-state index is 13.0. The van der Waals surface area contributed by atoms with Gasteiger partial charge >= 0.3 is 6.03 Å². The van der Waals surface area contributed by atoms with Crippen LogP contribution < -0.4 is 14.8 Å². The Morgan fingerprint density at radius 2 is 1.94 bits per heavy atom. The fourth-order valence-corrected chi connectivity index (χ4v) is 5.21. The van der Waals surface area contributed by atoms with Crippen LogP contribution >= 0.6 is 0 Å². The van der Waals surface area contributed by atoms with Crippen LogP contribution in [0, 0.1) is 0 Å². The van der Waals surface area contributed by atoms with Crippen molar-refractivity contribution in [3.05, 3.63) is 23.8 Å². The van der Waals surface area contributed by atoms with Gasteiger partial charge in [-0.25, -0.2) is 4.79 Å². The molecule has 1 aromatic carbocycles. The number of amides is 4. The molecule has 1 N–H and O–H groups in total. The maximum Gasteiger partial charge on any atom is 0.325 e. The number of carbonyl (C=O) groups is 3. The predicted molar refractivity (Wildman–Crippen MR) is 114 cm³/mol. The molecule has 2 heterocycles. The van der Waals surface area contributed by atoms with E-state index in [1.807, 2.05) is 23.1 Å². The van der Waals surface area contributed by atoms with E-state index in [2.05, 4.69) is 5.32 Å². The van der Waals surface area contributed by atoms with Crippen molar-refractivity contribution < 1.29 is 23.9 Å². The van der Waals surface area contributed by atoms with Crippen LogP contribution in [0.1, 0.15) is 63.0 Å². The number of benzene rings is 1. The van der Waals surface area contributed by atoms with Crippen molar-refractivity contribution in [2.45, 2.75) is 62.9 Å². The molecule has 0 bridgehead atoms. The van der Waals surface area contributed by atoms with E-state index in [-0.39, 0.29) is 30.4 Å². The summed E-state index contributed by atoms with van der Waals surface area (Å²) >= 11 is 0.